The number of hydrogen-bond acceptors (Lipinski definition) is 5. The molecule has 1 amide bonds. The summed E-state index contributed by atoms with van der Waals surface area (Å²) in [7, 11) is -3.93. The number of hydroxylamine groups is 2. The second kappa shape index (κ2) is 6.66. The molecule has 0 heterocycles. The molecule has 0 fully saturated rings. The second-order valence-corrected chi connectivity index (χ2v) is 8.36. The zero-order valence-corrected chi connectivity index (χ0v) is 14.3. The molecule has 0 aliphatic heterocycles. The summed E-state index contributed by atoms with van der Waals surface area (Å²) in [6.45, 7) is 8.12. The SMILES string of the molecule is CC(C)C(N(O)C(=O)OC(C)(C)C)S(=O)(=O)c1ccccc1. The first-order chi connectivity index (χ1) is 9.97. The van der Waals surface area contributed by atoms with Crippen LogP contribution in [0.4, 0.5) is 4.79 Å². The molecule has 1 unspecified atom stereocenters. The average Bonchev–Trinajstić information content (AvgIpc) is 2.37. The largest absolute Gasteiger partial charge is 0.442 e. The lowest BCUT2D eigenvalue weighted by atomic mass is 10.2. The van der Waals surface area contributed by atoms with E-state index in [0.29, 0.717) is 0 Å². The van der Waals surface area contributed by atoms with E-state index < -0.39 is 32.8 Å². The van der Waals surface area contributed by atoms with E-state index >= 15 is 0 Å². The van der Waals surface area contributed by atoms with Gasteiger partial charge in [-0.25, -0.2) is 13.2 Å². The van der Waals surface area contributed by atoms with Crippen LogP contribution in [0.3, 0.4) is 0 Å². The summed E-state index contributed by atoms with van der Waals surface area (Å²) >= 11 is 0. The van der Waals surface area contributed by atoms with Crippen LogP contribution in [-0.4, -0.2) is 35.8 Å². The Morgan fingerprint density at radius 2 is 1.68 bits per heavy atom. The highest BCUT2D eigenvalue weighted by Gasteiger charge is 2.39. The lowest BCUT2D eigenvalue weighted by molar-refractivity contribution is -0.110. The van der Waals surface area contributed by atoms with Gasteiger partial charge >= 0.3 is 6.09 Å². The third-order valence-corrected chi connectivity index (χ3v) is 5.09. The topological polar surface area (TPSA) is 83.9 Å². The van der Waals surface area contributed by atoms with Gasteiger partial charge in [0.15, 0.2) is 5.37 Å². The minimum atomic E-state index is -3.93. The second-order valence-electron chi connectivity index (χ2n) is 6.32. The fourth-order valence-electron chi connectivity index (χ4n) is 1.93. The molecule has 1 rings (SSSR count). The van der Waals surface area contributed by atoms with Crippen molar-refractivity contribution in [1.82, 2.24) is 5.06 Å². The smallest absolute Gasteiger partial charge is 0.435 e. The third kappa shape index (κ3) is 4.45. The van der Waals surface area contributed by atoms with Crippen LogP contribution < -0.4 is 0 Å². The maximum atomic E-state index is 12.7. The molecule has 0 radical (unpaired) electrons. The van der Waals surface area contributed by atoms with E-state index in [1.54, 1.807) is 52.8 Å². The maximum Gasteiger partial charge on any atom is 0.435 e. The number of ether oxygens (including phenoxy) is 1. The molecule has 0 aliphatic rings. The number of amides is 1. The van der Waals surface area contributed by atoms with Gasteiger partial charge in [-0.2, -0.15) is 5.06 Å². The van der Waals surface area contributed by atoms with Gasteiger partial charge in [-0.3, -0.25) is 5.21 Å². The number of carbonyl (C=O) groups is 1. The van der Waals surface area contributed by atoms with Gasteiger partial charge in [0.1, 0.15) is 5.60 Å². The van der Waals surface area contributed by atoms with Crippen LogP contribution in [0.5, 0.6) is 0 Å². The first-order valence-electron chi connectivity index (χ1n) is 6.97. The highest BCUT2D eigenvalue weighted by atomic mass is 32.2. The highest BCUT2D eigenvalue weighted by molar-refractivity contribution is 7.92. The molecular formula is C15H23NO5S. The van der Waals surface area contributed by atoms with Crippen molar-refractivity contribution < 1.29 is 23.2 Å². The van der Waals surface area contributed by atoms with Gasteiger partial charge in [-0.05, 0) is 38.8 Å². The molecule has 1 N–H and O–H groups in total. The van der Waals surface area contributed by atoms with E-state index in [1.807, 2.05) is 0 Å². The van der Waals surface area contributed by atoms with Gasteiger partial charge in [-0.15, -0.1) is 0 Å². The number of hydrogen-bond donors (Lipinski definition) is 1. The van der Waals surface area contributed by atoms with Gasteiger partial charge in [0.2, 0.25) is 9.84 Å². The Hall–Kier alpha value is -1.60. The molecule has 6 nitrogen and oxygen atoms in total. The van der Waals surface area contributed by atoms with Crippen LogP contribution in [0.1, 0.15) is 34.6 Å². The first-order valence-corrected chi connectivity index (χ1v) is 8.51. The molecule has 0 saturated heterocycles. The van der Waals surface area contributed by atoms with Crippen molar-refractivity contribution in [2.24, 2.45) is 5.92 Å². The summed E-state index contributed by atoms with van der Waals surface area (Å²) in [5.74, 6) is -0.525. The van der Waals surface area contributed by atoms with Crippen LogP contribution in [0, 0.1) is 5.92 Å². The predicted molar refractivity (Wildman–Crippen MR) is 82.1 cm³/mol. The average molecular weight is 329 g/mol. The van der Waals surface area contributed by atoms with Crippen LogP contribution in [-0.2, 0) is 14.6 Å². The summed E-state index contributed by atoms with van der Waals surface area (Å²) in [6.07, 6.45) is -1.09. The summed E-state index contributed by atoms with van der Waals surface area (Å²) < 4.78 is 30.4. The molecule has 0 aromatic heterocycles. The molecular weight excluding hydrogens is 306 g/mol. The predicted octanol–water partition coefficient (Wildman–Crippen LogP) is 3.07. The van der Waals surface area contributed by atoms with Gasteiger partial charge in [0, 0.05) is 0 Å². The van der Waals surface area contributed by atoms with Crippen molar-refractivity contribution in [3.05, 3.63) is 30.3 Å². The fourth-order valence-corrected chi connectivity index (χ4v) is 3.82. The van der Waals surface area contributed by atoms with Crippen molar-refractivity contribution in [3.63, 3.8) is 0 Å². The molecule has 0 bridgehead atoms. The summed E-state index contributed by atoms with van der Waals surface area (Å²) in [5, 5.41) is 8.83. The third-order valence-electron chi connectivity index (χ3n) is 2.78. The van der Waals surface area contributed by atoms with E-state index in [0.717, 1.165) is 0 Å². The number of benzene rings is 1. The van der Waals surface area contributed by atoms with Crippen molar-refractivity contribution in [2.75, 3.05) is 0 Å². The standard InChI is InChI=1S/C15H23NO5S/c1-11(2)13(16(18)14(17)21-15(3,4)5)22(19,20)12-9-7-6-8-10-12/h6-11,13,18H,1-5H3. The molecule has 1 aromatic carbocycles. The Labute approximate surface area is 131 Å². The van der Waals surface area contributed by atoms with Crippen molar-refractivity contribution >= 4 is 15.9 Å². The molecule has 0 saturated carbocycles. The lowest BCUT2D eigenvalue weighted by Crippen LogP contribution is -2.47. The maximum absolute atomic E-state index is 12.7. The monoisotopic (exact) mass is 329 g/mol. The number of rotatable bonds is 4. The molecule has 124 valence electrons. The van der Waals surface area contributed by atoms with Crippen LogP contribution >= 0.6 is 0 Å². The molecule has 1 atom stereocenters. The Kier molecular flexibility index (Phi) is 5.59. The Balaban J connectivity index is 3.16. The van der Waals surface area contributed by atoms with Crippen LogP contribution in [0.15, 0.2) is 35.2 Å². The summed E-state index contributed by atoms with van der Waals surface area (Å²) in [5.41, 5.74) is -0.837. The number of sulfone groups is 1. The minimum Gasteiger partial charge on any atom is -0.442 e. The Bertz CT molecular complexity index is 605. The highest BCUT2D eigenvalue weighted by Crippen LogP contribution is 2.25. The number of carbonyl (C=O) groups excluding carboxylic acids is 1. The van der Waals surface area contributed by atoms with Crippen LogP contribution in [0.25, 0.3) is 0 Å². The van der Waals surface area contributed by atoms with Gasteiger partial charge in [0.25, 0.3) is 0 Å². The Morgan fingerprint density at radius 1 is 1.18 bits per heavy atom. The van der Waals surface area contributed by atoms with E-state index in [9.17, 15) is 18.4 Å². The number of nitrogens with zero attached hydrogens (tertiary/aromatic N) is 1. The normalized spacial score (nSPS) is 13.8. The van der Waals surface area contributed by atoms with E-state index in [2.05, 4.69) is 0 Å². The van der Waals surface area contributed by atoms with Gasteiger partial charge < -0.3 is 4.74 Å². The molecule has 0 aliphatic carbocycles. The molecule has 0 spiro atoms. The molecule has 1 aromatic rings. The zero-order chi connectivity index (χ0) is 17.1. The van der Waals surface area contributed by atoms with E-state index in [4.69, 9.17) is 4.74 Å². The van der Waals surface area contributed by atoms with E-state index in [1.165, 1.54) is 12.1 Å². The van der Waals surface area contributed by atoms with Crippen molar-refractivity contribution in [3.8, 4) is 0 Å². The fraction of sp³-hybridized carbons (Fsp3) is 0.533. The van der Waals surface area contributed by atoms with Crippen molar-refractivity contribution in [1.29, 1.82) is 0 Å². The summed E-state index contributed by atoms with van der Waals surface area (Å²) in [6, 6.07) is 7.70. The molecule has 7 heteroatoms. The summed E-state index contributed by atoms with van der Waals surface area (Å²) in [4.78, 5) is 12.0. The quantitative estimate of drug-likeness (QED) is 0.678. The van der Waals surface area contributed by atoms with Gasteiger partial charge in [0.05, 0.1) is 4.90 Å². The zero-order valence-electron chi connectivity index (χ0n) is 13.5. The first kappa shape index (κ1) is 18.4. The minimum absolute atomic E-state index is 0.0382. The Morgan fingerprint density at radius 3 is 2.09 bits per heavy atom. The molecule has 22 heavy (non-hydrogen) atoms. The lowest BCUT2D eigenvalue weighted by Gasteiger charge is -2.30. The van der Waals surface area contributed by atoms with Crippen molar-refractivity contribution in [2.45, 2.75) is 50.5 Å². The van der Waals surface area contributed by atoms with E-state index in [-0.39, 0.29) is 9.96 Å². The van der Waals surface area contributed by atoms with Gasteiger partial charge in [-0.1, -0.05) is 32.0 Å². The van der Waals surface area contributed by atoms with Crippen LogP contribution in [0.2, 0.25) is 0 Å².